The molecule has 4 rings (SSSR count). The van der Waals surface area contributed by atoms with Crippen LogP contribution in [0.3, 0.4) is 0 Å². The van der Waals surface area contributed by atoms with Crippen LogP contribution in [0.2, 0.25) is 0 Å². The number of nitrogens with zero attached hydrogens (tertiary/aromatic N) is 2. The Morgan fingerprint density at radius 2 is 1.77 bits per heavy atom. The highest BCUT2D eigenvalue weighted by Gasteiger charge is 2.26. The summed E-state index contributed by atoms with van der Waals surface area (Å²) in [5.74, 6) is -0.385. The zero-order chi connectivity index (χ0) is 21.6. The van der Waals surface area contributed by atoms with Crippen molar-refractivity contribution in [2.45, 2.75) is 10.3 Å². The number of thioether (sulfide) groups is 1. The zero-order valence-electron chi connectivity index (χ0n) is 16.7. The van der Waals surface area contributed by atoms with Crippen molar-refractivity contribution in [2.75, 3.05) is 7.11 Å². The third-order valence-corrected chi connectivity index (χ3v) is 6.81. The zero-order valence-corrected chi connectivity index (χ0v) is 18.3. The molecule has 4 nitrogen and oxygen atoms in total. The van der Waals surface area contributed by atoms with Gasteiger partial charge in [-0.2, -0.15) is 5.26 Å². The predicted octanol–water partition coefficient (Wildman–Crippen LogP) is 6.36. The first-order chi connectivity index (χ1) is 15.2. The van der Waals surface area contributed by atoms with E-state index in [0.29, 0.717) is 10.6 Å². The van der Waals surface area contributed by atoms with Gasteiger partial charge in [-0.05, 0) is 28.6 Å². The van der Waals surface area contributed by atoms with Crippen LogP contribution in [0.25, 0.3) is 21.7 Å². The average Bonchev–Trinajstić information content (AvgIpc) is 3.37. The minimum atomic E-state index is -0.631. The van der Waals surface area contributed by atoms with E-state index in [9.17, 15) is 10.1 Å². The van der Waals surface area contributed by atoms with Crippen LogP contribution in [0.4, 0.5) is 0 Å². The molecule has 0 aliphatic carbocycles. The van der Waals surface area contributed by atoms with Crippen molar-refractivity contribution >= 4 is 29.1 Å². The molecular weight excluding hydrogens is 424 g/mol. The van der Waals surface area contributed by atoms with E-state index in [2.05, 4.69) is 6.07 Å². The molecular formula is C25H18N2O2S2. The SMILES string of the molecule is COC(=O)C(Sc1nc(-c2cccs2)cc(-c2ccccc2)c1C#N)c1ccccc1. The molecule has 31 heavy (non-hydrogen) atoms. The smallest absolute Gasteiger partial charge is 0.323 e. The summed E-state index contributed by atoms with van der Waals surface area (Å²) in [5.41, 5.74) is 3.73. The van der Waals surface area contributed by atoms with Gasteiger partial charge < -0.3 is 4.74 Å². The molecule has 4 aromatic rings. The minimum Gasteiger partial charge on any atom is -0.468 e. The lowest BCUT2D eigenvalue weighted by Crippen LogP contribution is -2.12. The lowest BCUT2D eigenvalue weighted by Gasteiger charge is -2.17. The summed E-state index contributed by atoms with van der Waals surface area (Å²) in [6.07, 6.45) is 0. The van der Waals surface area contributed by atoms with E-state index in [4.69, 9.17) is 9.72 Å². The fourth-order valence-corrected chi connectivity index (χ4v) is 5.03. The van der Waals surface area contributed by atoms with Crippen molar-refractivity contribution in [2.24, 2.45) is 0 Å². The van der Waals surface area contributed by atoms with E-state index >= 15 is 0 Å². The van der Waals surface area contributed by atoms with Gasteiger partial charge in [0.15, 0.2) is 0 Å². The number of esters is 1. The number of carbonyl (C=O) groups is 1. The van der Waals surface area contributed by atoms with Crippen LogP contribution >= 0.6 is 23.1 Å². The predicted molar refractivity (Wildman–Crippen MR) is 125 cm³/mol. The second-order valence-corrected chi connectivity index (χ2v) is 8.66. The molecule has 0 aliphatic rings. The Morgan fingerprint density at radius 1 is 1.06 bits per heavy atom. The normalized spacial score (nSPS) is 11.5. The monoisotopic (exact) mass is 442 g/mol. The second-order valence-electron chi connectivity index (χ2n) is 6.62. The van der Waals surface area contributed by atoms with Crippen LogP contribution in [0, 0.1) is 11.3 Å². The van der Waals surface area contributed by atoms with E-state index < -0.39 is 5.25 Å². The van der Waals surface area contributed by atoms with E-state index in [0.717, 1.165) is 27.3 Å². The number of thiophene rings is 1. The summed E-state index contributed by atoms with van der Waals surface area (Å²) in [6, 6.07) is 27.4. The molecule has 0 saturated heterocycles. The van der Waals surface area contributed by atoms with Crippen molar-refractivity contribution < 1.29 is 9.53 Å². The first kappa shape index (κ1) is 20.9. The summed E-state index contributed by atoms with van der Waals surface area (Å²) < 4.78 is 5.06. The topological polar surface area (TPSA) is 63.0 Å². The van der Waals surface area contributed by atoms with Gasteiger partial charge in [0.1, 0.15) is 16.3 Å². The number of hydrogen-bond acceptors (Lipinski definition) is 6. The van der Waals surface area contributed by atoms with Gasteiger partial charge in [-0.25, -0.2) is 4.98 Å². The molecule has 2 aromatic carbocycles. The standard InChI is InChI=1S/C25H18N2O2S2/c1-29-25(28)23(18-11-6-3-7-12-18)31-24-20(16-26)19(17-9-4-2-5-10-17)15-21(27-24)22-13-8-14-30-22/h2-15,23H,1H3. The quantitative estimate of drug-likeness (QED) is 0.257. The molecule has 2 aromatic heterocycles. The number of nitriles is 1. The molecule has 0 aliphatic heterocycles. The molecule has 2 heterocycles. The Hall–Kier alpha value is -3.40. The molecule has 0 saturated carbocycles. The summed E-state index contributed by atoms with van der Waals surface area (Å²) in [5, 5.41) is 11.9. The summed E-state index contributed by atoms with van der Waals surface area (Å²) >= 11 is 2.82. The Bertz CT molecular complexity index is 1220. The molecule has 0 spiro atoms. The molecule has 0 radical (unpaired) electrons. The van der Waals surface area contributed by atoms with Crippen molar-refractivity contribution in [1.82, 2.24) is 4.98 Å². The number of aromatic nitrogens is 1. The van der Waals surface area contributed by atoms with Gasteiger partial charge in [0, 0.05) is 5.56 Å². The molecule has 1 unspecified atom stereocenters. The number of hydrogen-bond donors (Lipinski definition) is 0. The maximum Gasteiger partial charge on any atom is 0.323 e. The molecule has 0 N–H and O–H groups in total. The lowest BCUT2D eigenvalue weighted by molar-refractivity contribution is -0.140. The van der Waals surface area contributed by atoms with Gasteiger partial charge in [0.25, 0.3) is 0 Å². The van der Waals surface area contributed by atoms with Gasteiger partial charge in [0.05, 0.1) is 23.2 Å². The second kappa shape index (κ2) is 9.61. The van der Waals surface area contributed by atoms with Crippen molar-refractivity contribution in [3.63, 3.8) is 0 Å². The van der Waals surface area contributed by atoms with E-state index in [1.165, 1.54) is 18.9 Å². The Labute approximate surface area is 189 Å². The fraction of sp³-hybridized carbons (Fsp3) is 0.0800. The van der Waals surface area contributed by atoms with Gasteiger partial charge in [0.2, 0.25) is 0 Å². The number of benzene rings is 2. The van der Waals surface area contributed by atoms with Crippen molar-refractivity contribution in [3.8, 4) is 27.8 Å². The Morgan fingerprint density at radius 3 is 2.39 bits per heavy atom. The maximum atomic E-state index is 12.6. The lowest BCUT2D eigenvalue weighted by atomic mass is 10.0. The highest BCUT2D eigenvalue weighted by Crippen LogP contribution is 2.41. The highest BCUT2D eigenvalue weighted by atomic mass is 32.2. The van der Waals surface area contributed by atoms with Crippen molar-refractivity contribution in [3.05, 3.63) is 95.4 Å². The van der Waals surface area contributed by atoms with Gasteiger partial charge in [-0.1, -0.05) is 78.5 Å². The molecule has 1 atom stereocenters. The van der Waals surface area contributed by atoms with E-state index in [1.54, 1.807) is 11.3 Å². The van der Waals surface area contributed by atoms with E-state index in [-0.39, 0.29) is 5.97 Å². The first-order valence-electron chi connectivity index (χ1n) is 9.55. The number of rotatable bonds is 6. The van der Waals surface area contributed by atoms with Gasteiger partial charge in [-0.3, -0.25) is 4.79 Å². The number of pyridine rings is 1. The maximum absolute atomic E-state index is 12.6. The van der Waals surface area contributed by atoms with Crippen LogP contribution in [0.15, 0.2) is 89.3 Å². The largest absolute Gasteiger partial charge is 0.468 e. The first-order valence-corrected chi connectivity index (χ1v) is 11.3. The third-order valence-electron chi connectivity index (χ3n) is 4.70. The van der Waals surface area contributed by atoms with Gasteiger partial charge >= 0.3 is 5.97 Å². The number of ether oxygens (including phenoxy) is 1. The average molecular weight is 443 g/mol. The Kier molecular flexibility index (Phi) is 6.46. The fourth-order valence-electron chi connectivity index (χ4n) is 3.21. The number of methoxy groups -OCH3 is 1. The minimum absolute atomic E-state index is 0.385. The van der Waals surface area contributed by atoms with Crippen LogP contribution in [0.1, 0.15) is 16.4 Å². The Balaban J connectivity index is 1.89. The number of carbonyl (C=O) groups excluding carboxylic acids is 1. The van der Waals surface area contributed by atoms with Crippen LogP contribution in [-0.2, 0) is 9.53 Å². The molecule has 6 heteroatoms. The molecule has 0 fully saturated rings. The van der Waals surface area contributed by atoms with Crippen LogP contribution in [-0.4, -0.2) is 18.1 Å². The highest BCUT2D eigenvalue weighted by molar-refractivity contribution is 8.00. The summed E-state index contributed by atoms with van der Waals surface area (Å²) in [7, 11) is 1.37. The summed E-state index contributed by atoms with van der Waals surface area (Å²) in [6.45, 7) is 0. The van der Waals surface area contributed by atoms with Crippen molar-refractivity contribution in [1.29, 1.82) is 5.26 Å². The van der Waals surface area contributed by atoms with Crippen LogP contribution in [0.5, 0.6) is 0 Å². The van der Waals surface area contributed by atoms with E-state index in [1.807, 2.05) is 84.2 Å². The van der Waals surface area contributed by atoms with Crippen LogP contribution < -0.4 is 0 Å². The molecule has 0 amide bonds. The molecule has 152 valence electrons. The molecule has 0 bridgehead atoms. The van der Waals surface area contributed by atoms with Gasteiger partial charge in [-0.15, -0.1) is 11.3 Å². The summed E-state index contributed by atoms with van der Waals surface area (Å²) in [4.78, 5) is 18.4. The third kappa shape index (κ3) is 4.53.